The summed E-state index contributed by atoms with van der Waals surface area (Å²) in [6, 6.07) is 3.90. The molecule has 0 fully saturated rings. The first-order valence-electron chi connectivity index (χ1n) is 6.68. The summed E-state index contributed by atoms with van der Waals surface area (Å²) in [5, 5.41) is 8.54. The van der Waals surface area contributed by atoms with Crippen molar-refractivity contribution < 1.29 is 4.74 Å². The Bertz CT molecular complexity index is 662. The number of aryl methyl sites for hydroxylation is 1. The van der Waals surface area contributed by atoms with Crippen molar-refractivity contribution in [3.05, 3.63) is 35.3 Å². The molecule has 0 radical (unpaired) electrons. The van der Waals surface area contributed by atoms with Gasteiger partial charge in [-0.1, -0.05) is 6.07 Å². The molecule has 0 aromatic carbocycles. The van der Waals surface area contributed by atoms with E-state index in [0.29, 0.717) is 5.82 Å². The van der Waals surface area contributed by atoms with Crippen molar-refractivity contribution in [3.8, 4) is 11.5 Å². The molecule has 1 aliphatic heterocycles. The van der Waals surface area contributed by atoms with E-state index in [1.54, 1.807) is 6.20 Å². The van der Waals surface area contributed by atoms with E-state index in [9.17, 15) is 0 Å². The van der Waals surface area contributed by atoms with Gasteiger partial charge in [-0.3, -0.25) is 4.98 Å². The fourth-order valence-corrected chi connectivity index (χ4v) is 2.59. The van der Waals surface area contributed by atoms with Crippen LogP contribution in [0, 0.1) is 6.92 Å². The molecular formula is C15H18N4O. The van der Waals surface area contributed by atoms with Gasteiger partial charge < -0.3 is 4.74 Å². The SMILES string of the molecule is Cc1ccc(-c2nnc3c(n2)C(C)(C)OC3(C)C)nc1. The van der Waals surface area contributed by atoms with Crippen LogP contribution < -0.4 is 0 Å². The normalized spacial score (nSPS) is 18.9. The highest BCUT2D eigenvalue weighted by atomic mass is 16.5. The number of pyridine rings is 1. The maximum Gasteiger partial charge on any atom is 0.200 e. The van der Waals surface area contributed by atoms with E-state index < -0.39 is 11.2 Å². The number of rotatable bonds is 1. The number of hydrogen-bond donors (Lipinski definition) is 0. The van der Waals surface area contributed by atoms with Crippen molar-refractivity contribution in [1.29, 1.82) is 0 Å². The van der Waals surface area contributed by atoms with Gasteiger partial charge in [-0.25, -0.2) is 4.98 Å². The monoisotopic (exact) mass is 270 g/mol. The summed E-state index contributed by atoms with van der Waals surface area (Å²) in [7, 11) is 0. The molecule has 2 aromatic rings. The van der Waals surface area contributed by atoms with Gasteiger partial charge in [0.25, 0.3) is 0 Å². The molecule has 0 aliphatic carbocycles. The van der Waals surface area contributed by atoms with Gasteiger partial charge in [0.15, 0.2) is 0 Å². The molecule has 0 bridgehead atoms. The predicted octanol–water partition coefficient (Wildman–Crippen LogP) is 2.74. The third kappa shape index (κ3) is 1.98. The summed E-state index contributed by atoms with van der Waals surface area (Å²) >= 11 is 0. The Kier molecular flexibility index (Phi) is 2.66. The van der Waals surface area contributed by atoms with Gasteiger partial charge in [-0.15, -0.1) is 10.2 Å². The molecule has 0 saturated carbocycles. The molecule has 0 N–H and O–H groups in total. The Labute approximate surface area is 118 Å². The lowest BCUT2D eigenvalue weighted by Crippen LogP contribution is -2.23. The molecule has 0 amide bonds. The van der Waals surface area contributed by atoms with Crippen LogP contribution in [0.3, 0.4) is 0 Å². The fourth-order valence-electron chi connectivity index (χ4n) is 2.59. The van der Waals surface area contributed by atoms with Crippen molar-refractivity contribution in [1.82, 2.24) is 20.2 Å². The van der Waals surface area contributed by atoms with Gasteiger partial charge in [0.05, 0.1) is 0 Å². The lowest BCUT2D eigenvalue weighted by molar-refractivity contribution is -0.107. The van der Waals surface area contributed by atoms with Gasteiger partial charge in [0, 0.05) is 6.20 Å². The van der Waals surface area contributed by atoms with Gasteiger partial charge in [0.2, 0.25) is 5.82 Å². The van der Waals surface area contributed by atoms with E-state index in [0.717, 1.165) is 22.6 Å². The van der Waals surface area contributed by atoms with Gasteiger partial charge in [-0.05, 0) is 46.2 Å². The van der Waals surface area contributed by atoms with Gasteiger partial charge in [0.1, 0.15) is 28.3 Å². The van der Waals surface area contributed by atoms with Crippen LogP contribution >= 0.6 is 0 Å². The number of ether oxygens (including phenoxy) is 1. The summed E-state index contributed by atoms with van der Waals surface area (Å²) in [4.78, 5) is 8.99. The highest BCUT2D eigenvalue weighted by molar-refractivity contribution is 5.49. The zero-order chi connectivity index (χ0) is 14.5. The Morgan fingerprint density at radius 3 is 2.30 bits per heavy atom. The maximum atomic E-state index is 6.03. The molecule has 0 spiro atoms. The molecule has 1 aliphatic rings. The van der Waals surface area contributed by atoms with E-state index in [4.69, 9.17) is 4.74 Å². The minimum Gasteiger partial charge on any atom is -0.357 e. The number of hydrogen-bond acceptors (Lipinski definition) is 5. The second kappa shape index (κ2) is 4.06. The van der Waals surface area contributed by atoms with Crippen molar-refractivity contribution in [2.24, 2.45) is 0 Å². The maximum absolute atomic E-state index is 6.03. The van der Waals surface area contributed by atoms with Crippen LogP contribution in [-0.4, -0.2) is 20.2 Å². The Hall–Kier alpha value is -1.88. The summed E-state index contributed by atoms with van der Waals surface area (Å²) in [6.07, 6.45) is 1.80. The number of aromatic nitrogens is 4. The van der Waals surface area contributed by atoms with Crippen molar-refractivity contribution in [2.45, 2.75) is 45.8 Å². The average Bonchev–Trinajstić information content (AvgIpc) is 2.56. The molecule has 3 heterocycles. The first-order valence-corrected chi connectivity index (χ1v) is 6.68. The summed E-state index contributed by atoms with van der Waals surface area (Å²) in [5.41, 5.74) is 2.55. The number of nitrogens with zero attached hydrogens (tertiary/aromatic N) is 4. The van der Waals surface area contributed by atoms with E-state index in [-0.39, 0.29) is 0 Å². The Morgan fingerprint density at radius 2 is 1.65 bits per heavy atom. The molecule has 0 atom stereocenters. The zero-order valence-electron chi connectivity index (χ0n) is 12.4. The smallest absolute Gasteiger partial charge is 0.200 e. The molecule has 5 heteroatoms. The van der Waals surface area contributed by atoms with Crippen molar-refractivity contribution in [2.75, 3.05) is 0 Å². The molecule has 2 aromatic heterocycles. The summed E-state index contributed by atoms with van der Waals surface area (Å²) in [5.74, 6) is 0.540. The van der Waals surface area contributed by atoms with Crippen LogP contribution in [0.4, 0.5) is 0 Å². The standard InChI is InChI=1S/C15H18N4O/c1-9-6-7-10(16-8-9)13-17-11-12(18-19-13)15(4,5)20-14(11,2)3/h6-8H,1-5H3. The molecule has 0 saturated heterocycles. The summed E-state index contributed by atoms with van der Waals surface area (Å²) in [6.45, 7) is 9.97. The van der Waals surface area contributed by atoms with Gasteiger partial charge >= 0.3 is 0 Å². The number of fused-ring (bicyclic) bond motifs is 1. The molecule has 104 valence electrons. The molecular weight excluding hydrogens is 252 g/mol. The largest absolute Gasteiger partial charge is 0.357 e. The minimum atomic E-state index is -0.464. The molecule has 3 rings (SSSR count). The average molecular weight is 270 g/mol. The van der Waals surface area contributed by atoms with Crippen molar-refractivity contribution in [3.63, 3.8) is 0 Å². The first kappa shape index (κ1) is 13.1. The van der Waals surface area contributed by atoms with Crippen LogP contribution in [0.2, 0.25) is 0 Å². The fraction of sp³-hybridized carbons (Fsp3) is 0.467. The zero-order valence-corrected chi connectivity index (χ0v) is 12.4. The first-order chi connectivity index (χ1) is 9.29. The van der Waals surface area contributed by atoms with E-state index in [2.05, 4.69) is 20.2 Å². The second-order valence-electron chi connectivity index (χ2n) is 6.18. The third-order valence-electron chi connectivity index (χ3n) is 3.48. The van der Waals surface area contributed by atoms with Crippen LogP contribution in [0.25, 0.3) is 11.5 Å². The molecule has 0 unspecified atom stereocenters. The Balaban J connectivity index is 2.12. The third-order valence-corrected chi connectivity index (χ3v) is 3.48. The van der Waals surface area contributed by atoms with Gasteiger partial charge in [-0.2, -0.15) is 0 Å². The lowest BCUT2D eigenvalue weighted by atomic mass is 10.0. The minimum absolute atomic E-state index is 0.460. The topological polar surface area (TPSA) is 60.8 Å². The van der Waals surface area contributed by atoms with E-state index in [1.807, 2.05) is 46.8 Å². The van der Waals surface area contributed by atoms with Crippen molar-refractivity contribution >= 4 is 0 Å². The van der Waals surface area contributed by atoms with Crippen LogP contribution in [0.5, 0.6) is 0 Å². The summed E-state index contributed by atoms with van der Waals surface area (Å²) < 4.78 is 6.03. The predicted molar refractivity (Wildman–Crippen MR) is 74.9 cm³/mol. The van der Waals surface area contributed by atoms with Crippen LogP contribution in [0.1, 0.15) is 44.6 Å². The highest BCUT2D eigenvalue weighted by Crippen LogP contribution is 2.44. The molecule has 5 nitrogen and oxygen atoms in total. The van der Waals surface area contributed by atoms with Crippen LogP contribution in [-0.2, 0) is 15.9 Å². The highest BCUT2D eigenvalue weighted by Gasteiger charge is 2.46. The quantitative estimate of drug-likeness (QED) is 0.797. The second-order valence-corrected chi connectivity index (χ2v) is 6.18. The van der Waals surface area contributed by atoms with E-state index >= 15 is 0 Å². The Morgan fingerprint density at radius 1 is 0.950 bits per heavy atom. The van der Waals surface area contributed by atoms with E-state index in [1.165, 1.54) is 0 Å². The molecule has 20 heavy (non-hydrogen) atoms. The van der Waals surface area contributed by atoms with Crippen LogP contribution in [0.15, 0.2) is 18.3 Å². The lowest BCUT2D eigenvalue weighted by Gasteiger charge is -2.23.